The molecule has 0 unspecified atom stereocenters. The molecule has 27 heavy (non-hydrogen) atoms. The van der Waals surface area contributed by atoms with Crippen LogP contribution in [0.1, 0.15) is 75.3 Å². The number of carbonyl (C=O) groups is 1. The Kier molecular flexibility index (Phi) is 6.09. The fraction of sp³-hybridized carbons (Fsp3) is 0.500. The monoisotopic (exact) mass is 366 g/mol. The molecule has 5 nitrogen and oxygen atoms in total. The lowest BCUT2D eigenvalue weighted by Gasteiger charge is -2.19. The van der Waals surface area contributed by atoms with Gasteiger partial charge >= 0.3 is 0 Å². The number of aromatic nitrogens is 2. The zero-order valence-corrected chi connectivity index (χ0v) is 16.6. The average Bonchev–Trinajstić information content (AvgIpc) is 2.91. The zero-order chi connectivity index (χ0) is 19.3. The SMILES string of the molecule is CC(C)(C)c1ccc(Nc2cnc(C(=O)NC3CCCCCC3)cn2)cc1. The third kappa shape index (κ3) is 5.52. The van der Waals surface area contributed by atoms with Gasteiger partial charge in [-0.2, -0.15) is 0 Å². The maximum Gasteiger partial charge on any atom is 0.271 e. The van der Waals surface area contributed by atoms with Gasteiger partial charge < -0.3 is 10.6 Å². The molecule has 1 fully saturated rings. The molecule has 0 aliphatic heterocycles. The van der Waals surface area contributed by atoms with Crippen LogP contribution in [0.4, 0.5) is 11.5 Å². The highest BCUT2D eigenvalue weighted by atomic mass is 16.1. The van der Waals surface area contributed by atoms with Crippen molar-refractivity contribution in [2.24, 2.45) is 0 Å². The van der Waals surface area contributed by atoms with Gasteiger partial charge in [-0.15, -0.1) is 0 Å². The lowest BCUT2D eigenvalue weighted by atomic mass is 9.87. The molecule has 0 spiro atoms. The van der Waals surface area contributed by atoms with Crippen molar-refractivity contribution in [3.8, 4) is 0 Å². The van der Waals surface area contributed by atoms with Crippen LogP contribution in [0.25, 0.3) is 0 Å². The highest BCUT2D eigenvalue weighted by molar-refractivity contribution is 5.92. The summed E-state index contributed by atoms with van der Waals surface area (Å²) in [6, 6.07) is 8.57. The number of hydrogen-bond acceptors (Lipinski definition) is 4. The van der Waals surface area contributed by atoms with Gasteiger partial charge in [0.1, 0.15) is 11.5 Å². The summed E-state index contributed by atoms with van der Waals surface area (Å²) in [4.78, 5) is 21.0. The van der Waals surface area contributed by atoms with E-state index in [0.717, 1.165) is 18.5 Å². The van der Waals surface area contributed by atoms with E-state index in [9.17, 15) is 4.79 Å². The van der Waals surface area contributed by atoms with Crippen molar-refractivity contribution < 1.29 is 4.79 Å². The Morgan fingerprint density at radius 3 is 2.19 bits per heavy atom. The van der Waals surface area contributed by atoms with Crippen molar-refractivity contribution in [3.63, 3.8) is 0 Å². The molecule has 5 heteroatoms. The molecule has 1 aliphatic carbocycles. The number of hydrogen-bond donors (Lipinski definition) is 2. The van der Waals surface area contributed by atoms with E-state index in [-0.39, 0.29) is 17.4 Å². The third-order valence-corrected chi connectivity index (χ3v) is 5.10. The molecule has 2 aromatic rings. The summed E-state index contributed by atoms with van der Waals surface area (Å²) in [6.07, 6.45) is 10.2. The van der Waals surface area contributed by atoms with Crippen LogP contribution in [0.15, 0.2) is 36.7 Å². The first-order chi connectivity index (χ1) is 12.9. The number of anilines is 2. The molecular weight excluding hydrogens is 336 g/mol. The first-order valence-electron chi connectivity index (χ1n) is 9.92. The number of nitrogens with zero attached hydrogens (tertiary/aromatic N) is 2. The molecule has 0 saturated heterocycles. The summed E-state index contributed by atoms with van der Waals surface area (Å²) in [5.41, 5.74) is 2.73. The molecule has 1 heterocycles. The maximum atomic E-state index is 12.4. The zero-order valence-electron chi connectivity index (χ0n) is 16.6. The molecule has 3 rings (SSSR count). The Morgan fingerprint density at radius 1 is 0.963 bits per heavy atom. The number of rotatable bonds is 4. The van der Waals surface area contributed by atoms with Crippen molar-refractivity contribution in [1.29, 1.82) is 0 Å². The van der Waals surface area contributed by atoms with Gasteiger partial charge in [0.25, 0.3) is 5.91 Å². The van der Waals surface area contributed by atoms with Crippen LogP contribution in [0.5, 0.6) is 0 Å². The van der Waals surface area contributed by atoms with E-state index in [1.54, 1.807) is 6.20 Å². The van der Waals surface area contributed by atoms with E-state index in [1.807, 2.05) is 12.1 Å². The van der Waals surface area contributed by atoms with Crippen molar-refractivity contribution in [1.82, 2.24) is 15.3 Å². The third-order valence-electron chi connectivity index (χ3n) is 5.10. The van der Waals surface area contributed by atoms with Gasteiger partial charge in [0.15, 0.2) is 0 Å². The molecule has 2 N–H and O–H groups in total. The lowest BCUT2D eigenvalue weighted by molar-refractivity contribution is 0.0928. The molecule has 0 bridgehead atoms. The van der Waals surface area contributed by atoms with Gasteiger partial charge in [0, 0.05) is 11.7 Å². The highest BCUT2D eigenvalue weighted by Gasteiger charge is 2.17. The van der Waals surface area contributed by atoms with E-state index in [1.165, 1.54) is 37.4 Å². The molecule has 1 aromatic carbocycles. The summed E-state index contributed by atoms with van der Waals surface area (Å²) in [7, 11) is 0. The normalized spacial score (nSPS) is 15.8. The molecular formula is C22H30N4O. The standard InChI is InChI=1S/C22H30N4O/c1-22(2,3)16-10-12-18(13-11-16)25-20-15-23-19(14-24-20)21(27)26-17-8-6-4-5-7-9-17/h10-15,17H,4-9H2,1-3H3,(H,24,25)(H,26,27). The van der Waals surface area contributed by atoms with Gasteiger partial charge in [-0.05, 0) is 36.0 Å². The second kappa shape index (κ2) is 8.51. The summed E-state index contributed by atoms with van der Waals surface area (Å²) in [6.45, 7) is 6.58. The molecule has 1 amide bonds. The smallest absolute Gasteiger partial charge is 0.271 e. The Hall–Kier alpha value is -2.43. The van der Waals surface area contributed by atoms with E-state index in [0.29, 0.717) is 11.5 Å². The van der Waals surface area contributed by atoms with Crippen molar-refractivity contribution in [3.05, 3.63) is 47.9 Å². The van der Waals surface area contributed by atoms with Crippen molar-refractivity contribution in [2.75, 3.05) is 5.32 Å². The Bertz CT molecular complexity index is 739. The van der Waals surface area contributed by atoms with Gasteiger partial charge in [-0.3, -0.25) is 4.79 Å². The summed E-state index contributed by atoms with van der Waals surface area (Å²) >= 11 is 0. The molecule has 144 valence electrons. The fourth-order valence-electron chi connectivity index (χ4n) is 3.39. The Morgan fingerprint density at radius 2 is 1.63 bits per heavy atom. The second-order valence-electron chi connectivity index (χ2n) is 8.40. The fourth-order valence-corrected chi connectivity index (χ4v) is 3.39. The van der Waals surface area contributed by atoms with Crippen LogP contribution in [0, 0.1) is 0 Å². The molecule has 1 saturated carbocycles. The van der Waals surface area contributed by atoms with Gasteiger partial charge in [-0.25, -0.2) is 9.97 Å². The lowest BCUT2D eigenvalue weighted by Crippen LogP contribution is -2.34. The first-order valence-corrected chi connectivity index (χ1v) is 9.92. The van der Waals surface area contributed by atoms with Crippen LogP contribution in [-0.4, -0.2) is 21.9 Å². The summed E-state index contributed by atoms with van der Waals surface area (Å²) < 4.78 is 0. The van der Waals surface area contributed by atoms with E-state index >= 15 is 0 Å². The first kappa shape index (κ1) is 19.3. The van der Waals surface area contributed by atoms with Gasteiger partial charge in [-0.1, -0.05) is 58.6 Å². The minimum absolute atomic E-state index is 0.129. The highest BCUT2D eigenvalue weighted by Crippen LogP contribution is 2.24. The second-order valence-corrected chi connectivity index (χ2v) is 8.40. The van der Waals surface area contributed by atoms with Gasteiger partial charge in [0.05, 0.1) is 12.4 Å². The average molecular weight is 367 g/mol. The topological polar surface area (TPSA) is 66.9 Å². The van der Waals surface area contributed by atoms with Gasteiger partial charge in [0.2, 0.25) is 0 Å². The van der Waals surface area contributed by atoms with Crippen LogP contribution >= 0.6 is 0 Å². The van der Waals surface area contributed by atoms with Crippen LogP contribution in [0.2, 0.25) is 0 Å². The minimum Gasteiger partial charge on any atom is -0.348 e. The summed E-state index contributed by atoms with van der Waals surface area (Å²) in [5.74, 6) is 0.500. The largest absolute Gasteiger partial charge is 0.348 e. The minimum atomic E-state index is -0.129. The molecule has 0 atom stereocenters. The predicted octanol–water partition coefficient (Wildman–Crippen LogP) is 4.97. The molecule has 1 aliphatic rings. The van der Waals surface area contributed by atoms with Crippen molar-refractivity contribution >= 4 is 17.4 Å². The van der Waals surface area contributed by atoms with Crippen molar-refractivity contribution in [2.45, 2.75) is 70.8 Å². The molecule has 1 aromatic heterocycles. The Labute approximate surface area is 162 Å². The maximum absolute atomic E-state index is 12.4. The number of carbonyl (C=O) groups excluding carboxylic acids is 1. The number of benzene rings is 1. The van der Waals surface area contributed by atoms with Crippen LogP contribution in [-0.2, 0) is 5.41 Å². The van der Waals surface area contributed by atoms with E-state index < -0.39 is 0 Å². The summed E-state index contributed by atoms with van der Waals surface area (Å²) in [5, 5.41) is 6.34. The van der Waals surface area contributed by atoms with Crippen LogP contribution < -0.4 is 10.6 Å². The Balaban J connectivity index is 1.58. The van der Waals surface area contributed by atoms with E-state index in [4.69, 9.17) is 0 Å². The number of nitrogens with one attached hydrogen (secondary N) is 2. The van der Waals surface area contributed by atoms with Crippen LogP contribution in [0.3, 0.4) is 0 Å². The predicted molar refractivity (Wildman–Crippen MR) is 109 cm³/mol. The van der Waals surface area contributed by atoms with E-state index in [2.05, 4.69) is 53.5 Å². The number of amides is 1. The quantitative estimate of drug-likeness (QED) is 0.750. The molecule has 0 radical (unpaired) electrons.